The molecule has 106 valence electrons. The normalized spacial score (nSPS) is 11.6. The summed E-state index contributed by atoms with van der Waals surface area (Å²) >= 11 is 0. The van der Waals surface area contributed by atoms with Gasteiger partial charge in [0.2, 0.25) is 5.69 Å². The summed E-state index contributed by atoms with van der Waals surface area (Å²) in [5, 5.41) is 11.8. The van der Waals surface area contributed by atoms with E-state index in [9.17, 15) is 28.1 Å². The molecule has 0 saturated carbocycles. The highest BCUT2D eigenvalue weighted by Gasteiger charge is 2.45. The van der Waals surface area contributed by atoms with Gasteiger partial charge in [0.25, 0.3) is 5.52 Å². The summed E-state index contributed by atoms with van der Waals surface area (Å²) in [6.45, 7) is 0. The van der Waals surface area contributed by atoms with Gasteiger partial charge in [-0.05, 0) is 6.07 Å². The van der Waals surface area contributed by atoms with Crippen molar-refractivity contribution < 1.29 is 27.1 Å². The minimum absolute atomic E-state index is 0.252. The third-order valence-corrected chi connectivity index (χ3v) is 2.60. The van der Waals surface area contributed by atoms with Crippen molar-refractivity contribution in [2.24, 2.45) is 0 Å². The average Bonchev–Trinajstić information content (AvgIpc) is 2.40. The summed E-state index contributed by atoms with van der Waals surface area (Å²) < 4.78 is 42.2. The minimum Gasteiger partial charge on any atom is -0.805 e. The fraction of sp³-hybridized carbons (Fsp3) is 0.182. The van der Waals surface area contributed by atoms with E-state index in [0.29, 0.717) is 0 Å². The zero-order chi connectivity index (χ0) is 15.1. The van der Waals surface area contributed by atoms with Crippen LogP contribution in [0.25, 0.3) is 11.0 Å². The molecule has 2 aromatic rings. The largest absolute Gasteiger partial charge is 0.805 e. The summed E-state index contributed by atoms with van der Waals surface area (Å²) in [6.07, 6.45) is -5.18. The highest BCUT2D eigenvalue weighted by Crippen LogP contribution is 2.32. The number of esters is 1. The van der Waals surface area contributed by atoms with E-state index in [4.69, 9.17) is 0 Å². The van der Waals surface area contributed by atoms with Gasteiger partial charge >= 0.3 is 17.8 Å². The topological polar surface area (TPSA) is 77.3 Å². The first-order valence-electron chi connectivity index (χ1n) is 5.22. The summed E-state index contributed by atoms with van der Waals surface area (Å²) in [4.78, 5) is 23.3. The molecule has 6 nitrogen and oxygen atoms in total. The lowest BCUT2D eigenvalue weighted by Gasteiger charge is -2.19. The lowest BCUT2D eigenvalue weighted by atomic mass is 10.2. The highest BCUT2D eigenvalue weighted by molar-refractivity contribution is 5.88. The van der Waals surface area contributed by atoms with Crippen molar-refractivity contribution in [1.29, 1.82) is 0 Å². The Morgan fingerprint density at radius 3 is 2.50 bits per heavy atom. The first-order chi connectivity index (χ1) is 9.29. The number of nitrogens with zero attached hydrogens (tertiary/aromatic N) is 2. The standard InChI is InChI=1S/C11H7F3N2O4/c1-20-10(17)8-9(11(12,13)14)16(19)7-5-3-2-4-6(7)15(8)18/h2-5H,1H3. The van der Waals surface area contributed by atoms with Gasteiger partial charge < -0.3 is 14.7 Å². The number of rotatable bonds is 1. The van der Waals surface area contributed by atoms with Crippen LogP contribution in [0.4, 0.5) is 13.2 Å². The van der Waals surface area contributed by atoms with Crippen LogP contribution in [0.15, 0.2) is 24.3 Å². The van der Waals surface area contributed by atoms with E-state index in [1.165, 1.54) is 12.1 Å². The van der Waals surface area contributed by atoms with Gasteiger partial charge in [-0.3, -0.25) is 0 Å². The Morgan fingerprint density at radius 1 is 1.35 bits per heavy atom. The van der Waals surface area contributed by atoms with Crippen LogP contribution < -0.4 is 4.43 Å². The smallest absolute Gasteiger partial charge is 0.438 e. The first-order valence-corrected chi connectivity index (χ1v) is 5.22. The van der Waals surface area contributed by atoms with Crippen LogP contribution in [0.3, 0.4) is 0 Å². The molecular formula is C11H7F3N2O4. The SMILES string of the molecule is COC(=O)c1c(C(F)(F)F)n([O-])c2ccccc2[n+]1=O. The van der Waals surface area contributed by atoms with Gasteiger partial charge in [0.1, 0.15) is 5.52 Å². The van der Waals surface area contributed by atoms with E-state index in [1.807, 2.05) is 0 Å². The molecule has 1 heterocycles. The molecule has 0 unspecified atom stereocenters. The maximum Gasteiger partial charge on any atom is 0.438 e. The molecular weight excluding hydrogens is 281 g/mol. The molecule has 0 saturated heterocycles. The molecule has 20 heavy (non-hydrogen) atoms. The maximum atomic E-state index is 12.9. The van der Waals surface area contributed by atoms with E-state index in [-0.39, 0.29) is 9.94 Å². The van der Waals surface area contributed by atoms with Gasteiger partial charge in [0, 0.05) is 11.0 Å². The number of halogens is 3. The van der Waals surface area contributed by atoms with E-state index in [1.54, 1.807) is 0 Å². The lowest BCUT2D eigenvalue weighted by molar-refractivity contribution is -0.471. The first kappa shape index (κ1) is 13.8. The second-order valence-corrected chi connectivity index (χ2v) is 3.76. The quantitative estimate of drug-likeness (QED) is 0.591. The number of hydrogen-bond donors (Lipinski definition) is 0. The molecule has 9 heteroatoms. The van der Waals surface area contributed by atoms with Crippen molar-refractivity contribution in [2.45, 2.75) is 6.18 Å². The Hall–Kier alpha value is -2.58. The van der Waals surface area contributed by atoms with Gasteiger partial charge in [-0.1, -0.05) is 12.1 Å². The number of carbonyl (C=O) groups excluding carboxylic acids is 1. The van der Waals surface area contributed by atoms with Gasteiger partial charge in [-0.25, -0.2) is 4.79 Å². The number of aromatic nitrogens is 2. The number of carbonyl (C=O) groups is 1. The zero-order valence-electron chi connectivity index (χ0n) is 9.97. The minimum atomic E-state index is -5.18. The fourth-order valence-electron chi connectivity index (χ4n) is 1.77. The number of ether oxygens (including phenoxy) is 1. The van der Waals surface area contributed by atoms with Crippen LogP contribution in [-0.4, -0.2) is 17.8 Å². The fourth-order valence-corrected chi connectivity index (χ4v) is 1.77. The molecule has 0 atom stereocenters. The van der Waals surface area contributed by atoms with Crippen LogP contribution in [0.2, 0.25) is 0 Å². The highest BCUT2D eigenvalue weighted by atomic mass is 19.4. The molecule has 0 spiro atoms. The monoisotopic (exact) mass is 288 g/mol. The molecule has 1 aromatic heterocycles. The van der Waals surface area contributed by atoms with Crippen LogP contribution in [0.5, 0.6) is 0 Å². The maximum absolute atomic E-state index is 12.9. The number of alkyl halides is 3. The van der Waals surface area contributed by atoms with Crippen molar-refractivity contribution in [1.82, 2.24) is 4.73 Å². The zero-order valence-corrected chi connectivity index (χ0v) is 9.97. The molecule has 0 fully saturated rings. The number of para-hydroxylation sites is 2. The summed E-state index contributed by atoms with van der Waals surface area (Å²) in [7, 11) is 0.812. The van der Waals surface area contributed by atoms with Crippen LogP contribution in [0, 0.1) is 10.1 Å². The van der Waals surface area contributed by atoms with Crippen molar-refractivity contribution in [2.75, 3.05) is 7.11 Å². The van der Waals surface area contributed by atoms with Crippen molar-refractivity contribution in [3.05, 3.63) is 45.8 Å². The molecule has 0 N–H and O–H groups in total. The lowest BCUT2D eigenvalue weighted by Crippen LogP contribution is -2.35. The van der Waals surface area contributed by atoms with Gasteiger partial charge in [-0.15, -0.1) is 0 Å². The van der Waals surface area contributed by atoms with Crippen LogP contribution >= 0.6 is 0 Å². The average molecular weight is 288 g/mol. The Kier molecular flexibility index (Phi) is 3.12. The molecule has 0 aliphatic carbocycles. The number of benzene rings is 1. The van der Waals surface area contributed by atoms with Crippen LogP contribution in [-0.2, 0) is 10.9 Å². The summed E-state index contributed by atoms with van der Waals surface area (Å²) in [5.74, 6) is -1.54. The Bertz CT molecular complexity index is 752. The number of fused-ring (bicyclic) bond motifs is 1. The Morgan fingerprint density at radius 2 is 1.95 bits per heavy atom. The molecule has 0 radical (unpaired) electrons. The molecule has 1 aromatic carbocycles. The molecule has 2 rings (SSSR count). The molecule has 0 amide bonds. The molecule has 0 bridgehead atoms. The Balaban J connectivity index is 3.05. The van der Waals surface area contributed by atoms with Crippen molar-refractivity contribution in [3.63, 3.8) is 0 Å². The van der Waals surface area contributed by atoms with Crippen molar-refractivity contribution in [3.8, 4) is 0 Å². The van der Waals surface area contributed by atoms with E-state index in [2.05, 4.69) is 4.74 Å². The third kappa shape index (κ3) is 1.96. The van der Waals surface area contributed by atoms with E-state index in [0.717, 1.165) is 19.2 Å². The molecule has 0 aliphatic heterocycles. The number of hydrogen-bond acceptors (Lipinski definition) is 4. The predicted molar refractivity (Wildman–Crippen MR) is 60.4 cm³/mol. The predicted octanol–water partition coefficient (Wildman–Crippen LogP) is 1.71. The molecule has 0 aliphatic rings. The Labute approximate surface area is 109 Å². The number of methoxy groups -OCH3 is 1. The van der Waals surface area contributed by atoms with Crippen molar-refractivity contribution >= 4 is 17.0 Å². The van der Waals surface area contributed by atoms with E-state index >= 15 is 0 Å². The summed E-state index contributed by atoms with van der Waals surface area (Å²) in [6, 6.07) is 4.83. The summed E-state index contributed by atoms with van der Waals surface area (Å²) in [5.41, 5.74) is -4.16. The third-order valence-electron chi connectivity index (χ3n) is 2.60. The van der Waals surface area contributed by atoms with E-state index < -0.39 is 33.8 Å². The second-order valence-electron chi connectivity index (χ2n) is 3.76. The second kappa shape index (κ2) is 4.51. The van der Waals surface area contributed by atoms with Gasteiger partial charge in [0.05, 0.1) is 11.5 Å². The van der Waals surface area contributed by atoms with Gasteiger partial charge in [0.15, 0.2) is 0 Å². The van der Waals surface area contributed by atoms with Gasteiger partial charge in [-0.2, -0.15) is 13.2 Å². The van der Waals surface area contributed by atoms with Crippen LogP contribution in [0.1, 0.15) is 16.2 Å².